The third-order valence-electron chi connectivity index (χ3n) is 3.71. The Kier molecular flexibility index (Phi) is 4.11. The van der Waals surface area contributed by atoms with Gasteiger partial charge in [-0.2, -0.15) is 0 Å². The summed E-state index contributed by atoms with van der Waals surface area (Å²) in [4.78, 5) is 0. The summed E-state index contributed by atoms with van der Waals surface area (Å²) in [5, 5.41) is 0. The van der Waals surface area contributed by atoms with Crippen LogP contribution in [0, 0.1) is 0 Å². The summed E-state index contributed by atoms with van der Waals surface area (Å²) in [5.41, 5.74) is 5.59. The van der Waals surface area contributed by atoms with Gasteiger partial charge in [0.05, 0.1) is 25.1 Å². The van der Waals surface area contributed by atoms with Crippen LogP contribution in [0.25, 0.3) is 5.70 Å². The Bertz CT molecular complexity index is 815. The minimum absolute atomic E-state index is 0.397. The highest BCUT2D eigenvalue weighted by Crippen LogP contribution is 2.33. The largest absolute Gasteiger partial charge is 0.497 e. The average Bonchev–Trinajstić information content (AvgIpc) is 3.01. The molecule has 0 unspecified atom stereocenters. The van der Waals surface area contributed by atoms with E-state index in [0.717, 1.165) is 22.6 Å². The van der Waals surface area contributed by atoms with Crippen LogP contribution in [0.4, 0.5) is 0 Å². The zero-order valence-electron chi connectivity index (χ0n) is 12.9. The van der Waals surface area contributed by atoms with E-state index in [2.05, 4.69) is 5.43 Å². The number of rotatable bonds is 4. The molecule has 2 aromatic carbocycles. The topological polar surface area (TPSA) is 58.6 Å². The Morgan fingerprint density at radius 2 is 1.70 bits per heavy atom. The molecular weight excluding hydrogens is 312 g/mol. The van der Waals surface area contributed by atoms with E-state index < -0.39 is 16.1 Å². The van der Waals surface area contributed by atoms with Crippen molar-refractivity contribution in [2.75, 3.05) is 13.4 Å². The quantitative estimate of drug-likeness (QED) is 0.936. The molecule has 0 fully saturated rings. The molecule has 1 atom stereocenters. The summed E-state index contributed by atoms with van der Waals surface area (Å²) in [5.74, 6) is 0.734. The summed E-state index contributed by atoms with van der Waals surface area (Å²) in [7, 11) is -1.82. The highest BCUT2D eigenvalue weighted by Gasteiger charge is 2.33. The number of hydrogen-bond donors (Lipinski definition) is 1. The Hall–Kier alpha value is -2.31. The molecule has 120 valence electrons. The molecular formula is C17H18N2O3S. The fraction of sp³-hybridized carbons (Fsp3) is 0.176. The molecule has 0 amide bonds. The van der Waals surface area contributed by atoms with Crippen molar-refractivity contribution in [2.45, 2.75) is 6.04 Å². The average molecular weight is 330 g/mol. The first-order valence-corrected chi connectivity index (χ1v) is 9.01. The normalized spacial score (nSPS) is 18.3. The van der Waals surface area contributed by atoms with Gasteiger partial charge in [0.2, 0.25) is 10.0 Å². The number of sulfonamides is 1. The number of hydrogen-bond acceptors (Lipinski definition) is 4. The van der Waals surface area contributed by atoms with Crippen molar-refractivity contribution in [2.24, 2.45) is 0 Å². The molecule has 0 saturated carbocycles. The van der Waals surface area contributed by atoms with Gasteiger partial charge in [0.15, 0.2) is 0 Å². The molecule has 3 rings (SSSR count). The Balaban J connectivity index is 2.00. The van der Waals surface area contributed by atoms with Gasteiger partial charge >= 0.3 is 0 Å². The fourth-order valence-electron chi connectivity index (χ4n) is 2.55. The maximum absolute atomic E-state index is 12.1. The van der Waals surface area contributed by atoms with Gasteiger partial charge in [-0.3, -0.25) is 0 Å². The molecule has 6 heteroatoms. The van der Waals surface area contributed by atoms with Crippen LogP contribution in [-0.4, -0.2) is 26.2 Å². The number of hydrazine groups is 1. The fourth-order valence-corrected chi connectivity index (χ4v) is 3.41. The van der Waals surface area contributed by atoms with E-state index in [-0.39, 0.29) is 0 Å². The number of nitrogens with one attached hydrogen (secondary N) is 1. The number of ether oxygens (including phenoxy) is 1. The second kappa shape index (κ2) is 6.06. The van der Waals surface area contributed by atoms with Crippen molar-refractivity contribution in [3.63, 3.8) is 0 Å². The molecule has 0 aliphatic carbocycles. The first-order chi connectivity index (χ1) is 11.0. The van der Waals surface area contributed by atoms with Crippen LogP contribution in [0.2, 0.25) is 0 Å². The van der Waals surface area contributed by atoms with E-state index in [1.165, 1.54) is 10.7 Å². The lowest BCUT2D eigenvalue weighted by atomic mass is 10.1. The van der Waals surface area contributed by atoms with Crippen LogP contribution in [0.5, 0.6) is 5.75 Å². The van der Waals surface area contributed by atoms with Crippen molar-refractivity contribution in [1.29, 1.82) is 0 Å². The van der Waals surface area contributed by atoms with Crippen LogP contribution < -0.4 is 10.2 Å². The monoisotopic (exact) mass is 330 g/mol. The highest BCUT2D eigenvalue weighted by molar-refractivity contribution is 7.88. The summed E-state index contributed by atoms with van der Waals surface area (Å²) in [6.07, 6.45) is 3.11. The Morgan fingerprint density at radius 3 is 2.26 bits per heavy atom. The Labute approximate surface area is 136 Å². The SMILES string of the molecule is COc1ccc([C@@H]2C=C(c3ccccc3)NN2S(C)(=O)=O)cc1. The predicted octanol–water partition coefficient (Wildman–Crippen LogP) is 2.56. The standard InChI is InChI=1S/C17H18N2O3S/c1-22-15-10-8-14(9-11-15)17-12-16(13-6-4-3-5-7-13)18-19(17)23(2,20)21/h3-12,17-18H,1-2H3/t17-/m0/s1. The zero-order valence-corrected chi connectivity index (χ0v) is 13.7. The van der Waals surface area contributed by atoms with Gasteiger partial charge in [0.25, 0.3) is 0 Å². The van der Waals surface area contributed by atoms with Gasteiger partial charge in [-0.05, 0) is 29.3 Å². The third-order valence-corrected chi connectivity index (χ3v) is 4.74. The molecule has 23 heavy (non-hydrogen) atoms. The van der Waals surface area contributed by atoms with E-state index in [9.17, 15) is 8.42 Å². The lowest BCUT2D eigenvalue weighted by Gasteiger charge is -2.23. The second-order valence-corrected chi connectivity index (χ2v) is 7.19. The van der Waals surface area contributed by atoms with Crippen molar-refractivity contribution in [3.8, 4) is 5.75 Å². The molecule has 1 aliphatic rings. The molecule has 2 aromatic rings. The first-order valence-electron chi connectivity index (χ1n) is 7.16. The van der Waals surface area contributed by atoms with Gasteiger partial charge in [-0.25, -0.2) is 8.42 Å². The lowest BCUT2D eigenvalue weighted by molar-refractivity contribution is 0.350. The molecule has 0 bridgehead atoms. The van der Waals surface area contributed by atoms with Crippen LogP contribution in [0.1, 0.15) is 17.2 Å². The van der Waals surface area contributed by atoms with Gasteiger partial charge in [-0.15, -0.1) is 4.41 Å². The minimum atomic E-state index is -3.42. The Morgan fingerprint density at radius 1 is 1.04 bits per heavy atom. The van der Waals surface area contributed by atoms with Crippen molar-refractivity contribution >= 4 is 15.7 Å². The molecule has 0 spiro atoms. The smallest absolute Gasteiger partial charge is 0.228 e. The minimum Gasteiger partial charge on any atom is -0.497 e. The maximum atomic E-state index is 12.1. The molecule has 1 N–H and O–H groups in total. The summed E-state index contributed by atoms with van der Waals surface area (Å²) in [6, 6.07) is 16.6. The number of methoxy groups -OCH3 is 1. The van der Waals surface area contributed by atoms with Crippen molar-refractivity contribution < 1.29 is 13.2 Å². The molecule has 0 saturated heterocycles. The van der Waals surface area contributed by atoms with E-state index in [0.29, 0.717) is 0 Å². The van der Waals surface area contributed by atoms with Crippen LogP contribution in [-0.2, 0) is 10.0 Å². The van der Waals surface area contributed by atoms with Gasteiger partial charge in [-0.1, -0.05) is 42.5 Å². The van der Waals surface area contributed by atoms with Crippen molar-refractivity contribution in [3.05, 3.63) is 71.8 Å². The molecule has 5 nitrogen and oxygen atoms in total. The van der Waals surface area contributed by atoms with Crippen molar-refractivity contribution in [1.82, 2.24) is 9.84 Å². The lowest BCUT2D eigenvalue weighted by Crippen LogP contribution is -2.38. The first kappa shape index (κ1) is 15.6. The van der Waals surface area contributed by atoms with Gasteiger partial charge in [0.1, 0.15) is 5.75 Å². The molecule has 0 aromatic heterocycles. The highest BCUT2D eigenvalue weighted by atomic mass is 32.2. The van der Waals surface area contributed by atoms with Crippen LogP contribution >= 0.6 is 0 Å². The van der Waals surface area contributed by atoms with Crippen LogP contribution in [0.3, 0.4) is 0 Å². The summed E-state index contributed by atoms with van der Waals surface area (Å²) >= 11 is 0. The number of nitrogens with zero attached hydrogens (tertiary/aromatic N) is 1. The second-order valence-electron chi connectivity index (χ2n) is 5.33. The van der Waals surface area contributed by atoms with E-state index in [1.54, 1.807) is 7.11 Å². The molecule has 0 radical (unpaired) electrons. The molecule has 1 aliphatic heterocycles. The number of benzene rings is 2. The molecule has 1 heterocycles. The van der Waals surface area contributed by atoms with Gasteiger partial charge < -0.3 is 10.2 Å². The van der Waals surface area contributed by atoms with Gasteiger partial charge in [0, 0.05) is 0 Å². The third kappa shape index (κ3) is 3.23. The predicted molar refractivity (Wildman–Crippen MR) is 90.0 cm³/mol. The zero-order chi connectivity index (χ0) is 16.4. The van der Waals surface area contributed by atoms with E-state index >= 15 is 0 Å². The summed E-state index contributed by atoms with van der Waals surface area (Å²) < 4.78 is 30.7. The summed E-state index contributed by atoms with van der Waals surface area (Å²) in [6.45, 7) is 0. The van der Waals surface area contributed by atoms with E-state index in [1.807, 2.05) is 60.7 Å². The maximum Gasteiger partial charge on any atom is 0.228 e. The van der Waals surface area contributed by atoms with Crippen LogP contribution in [0.15, 0.2) is 60.7 Å². The van der Waals surface area contributed by atoms with E-state index in [4.69, 9.17) is 4.74 Å².